The third kappa shape index (κ3) is 2.50. The summed E-state index contributed by atoms with van der Waals surface area (Å²) in [6.45, 7) is 0. The molecule has 0 aromatic heterocycles. The van der Waals surface area contributed by atoms with Crippen molar-refractivity contribution in [1.29, 1.82) is 0 Å². The second-order valence-corrected chi connectivity index (χ2v) is 3.36. The first-order chi connectivity index (χ1) is 8.06. The molecule has 17 heavy (non-hydrogen) atoms. The van der Waals surface area contributed by atoms with E-state index in [2.05, 4.69) is 0 Å². The molecule has 2 N–H and O–H groups in total. The minimum Gasteiger partial charge on any atom is -0.455 e. The summed E-state index contributed by atoms with van der Waals surface area (Å²) in [6, 6.07) is 6.62. The first kappa shape index (κ1) is 11.3. The van der Waals surface area contributed by atoms with Crippen LogP contribution in [0.4, 0.5) is 18.9 Å². The van der Waals surface area contributed by atoms with Gasteiger partial charge in [-0.3, -0.25) is 0 Å². The number of hydrogen-bond acceptors (Lipinski definition) is 2. The molecule has 0 heterocycles. The topological polar surface area (TPSA) is 35.2 Å². The van der Waals surface area contributed by atoms with E-state index < -0.39 is 17.5 Å². The quantitative estimate of drug-likeness (QED) is 0.814. The number of rotatable bonds is 2. The zero-order chi connectivity index (χ0) is 12.4. The van der Waals surface area contributed by atoms with Gasteiger partial charge in [0.25, 0.3) is 0 Å². The van der Waals surface area contributed by atoms with E-state index in [9.17, 15) is 13.2 Å². The van der Waals surface area contributed by atoms with E-state index in [0.29, 0.717) is 6.07 Å². The van der Waals surface area contributed by atoms with E-state index in [1.165, 1.54) is 12.1 Å². The molecule has 2 nitrogen and oxygen atoms in total. The fourth-order valence-electron chi connectivity index (χ4n) is 1.32. The summed E-state index contributed by atoms with van der Waals surface area (Å²) in [5, 5.41) is 0. The van der Waals surface area contributed by atoms with Crippen molar-refractivity contribution in [3.05, 3.63) is 53.8 Å². The molecule has 2 aromatic rings. The Morgan fingerprint density at radius 1 is 0.941 bits per heavy atom. The Balaban J connectivity index is 2.34. The molecule has 0 aliphatic heterocycles. The van der Waals surface area contributed by atoms with Crippen molar-refractivity contribution in [2.24, 2.45) is 0 Å². The van der Waals surface area contributed by atoms with Gasteiger partial charge in [-0.05, 0) is 12.1 Å². The van der Waals surface area contributed by atoms with Crippen LogP contribution in [0.15, 0.2) is 36.4 Å². The van der Waals surface area contributed by atoms with E-state index in [1.807, 2.05) is 0 Å². The van der Waals surface area contributed by atoms with Crippen LogP contribution in [0.25, 0.3) is 0 Å². The molecule has 2 rings (SSSR count). The van der Waals surface area contributed by atoms with Crippen LogP contribution in [0.2, 0.25) is 0 Å². The first-order valence-corrected chi connectivity index (χ1v) is 4.74. The van der Waals surface area contributed by atoms with Crippen LogP contribution in [0.5, 0.6) is 11.5 Å². The van der Waals surface area contributed by atoms with Crippen molar-refractivity contribution in [1.82, 2.24) is 0 Å². The molecule has 0 saturated heterocycles. The summed E-state index contributed by atoms with van der Waals surface area (Å²) < 4.78 is 44.0. The second kappa shape index (κ2) is 4.37. The molecule has 0 atom stereocenters. The van der Waals surface area contributed by atoms with Gasteiger partial charge >= 0.3 is 0 Å². The standard InChI is InChI=1S/C12H8F3NO/c13-7-4-8(14)6-9(5-7)17-11-3-1-2-10(15)12(11)16/h1-6H,16H2. The molecule has 0 spiro atoms. The maximum Gasteiger partial charge on any atom is 0.153 e. The lowest BCUT2D eigenvalue weighted by atomic mass is 10.3. The molecular formula is C12H8F3NO. The summed E-state index contributed by atoms with van der Waals surface area (Å²) >= 11 is 0. The predicted octanol–water partition coefficient (Wildman–Crippen LogP) is 3.48. The Labute approximate surface area is 95.4 Å². The molecule has 5 heteroatoms. The fourth-order valence-corrected chi connectivity index (χ4v) is 1.32. The van der Waals surface area contributed by atoms with E-state index in [0.717, 1.165) is 18.2 Å². The van der Waals surface area contributed by atoms with Crippen LogP contribution in [-0.4, -0.2) is 0 Å². The van der Waals surface area contributed by atoms with Gasteiger partial charge in [-0.1, -0.05) is 6.07 Å². The number of hydrogen-bond donors (Lipinski definition) is 1. The molecule has 0 radical (unpaired) electrons. The van der Waals surface area contributed by atoms with Gasteiger partial charge in [0.1, 0.15) is 28.9 Å². The summed E-state index contributed by atoms with van der Waals surface area (Å²) in [4.78, 5) is 0. The molecule has 0 saturated carbocycles. The summed E-state index contributed by atoms with van der Waals surface area (Å²) in [6.07, 6.45) is 0. The molecule has 0 bridgehead atoms. The van der Waals surface area contributed by atoms with Gasteiger partial charge < -0.3 is 10.5 Å². The lowest BCUT2D eigenvalue weighted by molar-refractivity contribution is 0.466. The summed E-state index contributed by atoms with van der Waals surface area (Å²) in [5.74, 6) is -2.29. The van der Waals surface area contributed by atoms with Crippen molar-refractivity contribution in [2.45, 2.75) is 0 Å². The third-order valence-corrected chi connectivity index (χ3v) is 2.08. The average Bonchev–Trinajstić information content (AvgIpc) is 2.23. The van der Waals surface area contributed by atoms with Gasteiger partial charge in [0.2, 0.25) is 0 Å². The van der Waals surface area contributed by atoms with Crippen LogP contribution >= 0.6 is 0 Å². The van der Waals surface area contributed by atoms with Gasteiger partial charge in [0.05, 0.1) is 0 Å². The van der Waals surface area contributed by atoms with Crippen molar-refractivity contribution >= 4 is 5.69 Å². The smallest absolute Gasteiger partial charge is 0.153 e. The Morgan fingerprint density at radius 3 is 2.24 bits per heavy atom. The number of halogens is 3. The van der Waals surface area contributed by atoms with E-state index in [4.69, 9.17) is 10.5 Å². The van der Waals surface area contributed by atoms with Gasteiger partial charge in [0.15, 0.2) is 5.75 Å². The Kier molecular flexibility index (Phi) is 2.91. The van der Waals surface area contributed by atoms with E-state index in [-0.39, 0.29) is 17.2 Å². The highest BCUT2D eigenvalue weighted by atomic mass is 19.1. The summed E-state index contributed by atoms with van der Waals surface area (Å²) in [7, 11) is 0. The van der Waals surface area contributed by atoms with Crippen molar-refractivity contribution in [3.8, 4) is 11.5 Å². The molecule has 88 valence electrons. The van der Waals surface area contributed by atoms with Gasteiger partial charge in [-0.2, -0.15) is 0 Å². The van der Waals surface area contributed by atoms with Crippen LogP contribution in [0, 0.1) is 17.5 Å². The number of nitrogen functional groups attached to an aromatic ring is 1. The SMILES string of the molecule is Nc1c(F)cccc1Oc1cc(F)cc(F)c1. The van der Waals surface area contributed by atoms with Crippen molar-refractivity contribution in [2.75, 3.05) is 5.73 Å². The molecule has 0 aliphatic rings. The number of ether oxygens (including phenoxy) is 1. The summed E-state index contributed by atoms with van der Waals surface area (Å²) in [5.41, 5.74) is 5.21. The van der Waals surface area contributed by atoms with Crippen molar-refractivity contribution < 1.29 is 17.9 Å². The maximum absolute atomic E-state index is 13.1. The van der Waals surface area contributed by atoms with Gasteiger partial charge in [0, 0.05) is 18.2 Å². The predicted molar refractivity (Wildman–Crippen MR) is 57.2 cm³/mol. The second-order valence-electron chi connectivity index (χ2n) is 3.36. The highest BCUT2D eigenvalue weighted by Gasteiger charge is 2.08. The van der Waals surface area contributed by atoms with Crippen molar-refractivity contribution in [3.63, 3.8) is 0 Å². The van der Waals surface area contributed by atoms with Crippen LogP contribution in [-0.2, 0) is 0 Å². The number of nitrogens with two attached hydrogens (primary N) is 1. The van der Waals surface area contributed by atoms with Gasteiger partial charge in [-0.15, -0.1) is 0 Å². The Bertz CT molecular complexity index is 537. The molecule has 2 aromatic carbocycles. The fraction of sp³-hybridized carbons (Fsp3) is 0. The normalized spacial score (nSPS) is 10.3. The molecule has 0 unspecified atom stereocenters. The Morgan fingerprint density at radius 2 is 1.59 bits per heavy atom. The largest absolute Gasteiger partial charge is 0.455 e. The van der Waals surface area contributed by atoms with E-state index in [1.54, 1.807) is 0 Å². The lowest BCUT2D eigenvalue weighted by Crippen LogP contribution is -1.95. The number of anilines is 1. The monoisotopic (exact) mass is 239 g/mol. The maximum atomic E-state index is 13.1. The average molecular weight is 239 g/mol. The van der Waals surface area contributed by atoms with Crippen LogP contribution < -0.4 is 10.5 Å². The van der Waals surface area contributed by atoms with Crippen LogP contribution in [0.3, 0.4) is 0 Å². The number of para-hydroxylation sites is 1. The number of benzene rings is 2. The zero-order valence-corrected chi connectivity index (χ0v) is 8.58. The molecule has 0 amide bonds. The van der Waals surface area contributed by atoms with E-state index >= 15 is 0 Å². The highest BCUT2D eigenvalue weighted by Crippen LogP contribution is 2.29. The zero-order valence-electron chi connectivity index (χ0n) is 8.58. The molecular weight excluding hydrogens is 231 g/mol. The Hall–Kier alpha value is -2.17. The first-order valence-electron chi connectivity index (χ1n) is 4.74. The minimum absolute atomic E-state index is 0.00926. The lowest BCUT2D eigenvalue weighted by Gasteiger charge is -2.08. The molecule has 0 aliphatic carbocycles. The minimum atomic E-state index is -0.782. The molecule has 0 fully saturated rings. The highest BCUT2D eigenvalue weighted by molar-refractivity contribution is 5.54. The van der Waals surface area contributed by atoms with Crippen LogP contribution in [0.1, 0.15) is 0 Å². The third-order valence-electron chi connectivity index (χ3n) is 2.08. The van der Waals surface area contributed by atoms with Gasteiger partial charge in [-0.25, -0.2) is 13.2 Å².